The van der Waals surface area contributed by atoms with Gasteiger partial charge >= 0.3 is 0 Å². The summed E-state index contributed by atoms with van der Waals surface area (Å²) in [5.74, 6) is 0. The Morgan fingerprint density at radius 3 is 1.55 bits per heavy atom. The molecular formula is C8H21N3. The highest BCUT2D eigenvalue weighted by atomic mass is 15.7. The van der Waals surface area contributed by atoms with Crippen LogP contribution in [0, 0.1) is 0 Å². The fourth-order valence-electron chi connectivity index (χ4n) is 0.843. The maximum Gasteiger partial charge on any atom is 0.0260 e. The van der Waals surface area contributed by atoms with Gasteiger partial charge in [-0.2, -0.15) is 5.12 Å². The summed E-state index contributed by atoms with van der Waals surface area (Å²) in [7, 11) is 0. The molecule has 0 aromatic heterocycles. The number of hydrogen-bond donors (Lipinski definition) is 2. The molecule has 0 saturated carbocycles. The molecule has 0 aliphatic carbocycles. The molecule has 0 rings (SSSR count). The minimum absolute atomic E-state index is 0.487. The van der Waals surface area contributed by atoms with Crippen molar-refractivity contribution in [3.63, 3.8) is 0 Å². The van der Waals surface area contributed by atoms with Crippen LogP contribution in [-0.2, 0) is 0 Å². The largest absolute Gasteiger partial charge is 0.239 e. The van der Waals surface area contributed by atoms with E-state index in [2.05, 4.69) is 45.5 Å². The first-order valence-corrected chi connectivity index (χ1v) is 4.36. The summed E-state index contributed by atoms with van der Waals surface area (Å²) in [6.07, 6.45) is 0. The highest BCUT2D eigenvalue weighted by Gasteiger charge is 2.03. The summed E-state index contributed by atoms with van der Waals surface area (Å²) in [5.41, 5.74) is 6.57. The summed E-state index contributed by atoms with van der Waals surface area (Å²) in [5, 5.41) is 2.02. The average molecular weight is 159 g/mol. The molecule has 0 spiro atoms. The summed E-state index contributed by atoms with van der Waals surface area (Å²) in [4.78, 5) is 0. The van der Waals surface area contributed by atoms with Gasteiger partial charge in [0.2, 0.25) is 0 Å². The lowest BCUT2D eigenvalue weighted by atomic mass is 10.4. The zero-order valence-corrected chi connectivity index (χ0v) is 8.31. The molecule has 0 atom stereocenters. The number of nitrogens with one attached hydrogen (secondary N) is 2. The molecule has 0 amide bonds. The molecule has 0 heterocycles. The Kier molecular flexibility index (Phi) is 5.46. The smallest absolute Gasteiger partial charge is 0.0260 e. The van der Waals surface area contributed by atoms with Crippen molar-refractivity contribution < 1.29 is 0 Å². The summed E-state index contributed by atoms with van der Waals surface area (Å²) in [6, 6.07) is 0.974. The first kappa shape index (κ1) is 10.9. The van der Waals surface area contributed by atoms with Crippen LogP contribution < -0.4 is 10.9 Å². The van der Waals surface area contributed by atoms with Gasteiger partial charge in [0.05, 0.1) is 0 Å². The minimum Gasteiger partial charge on any atom is -0.239 e. The third kappa shape index (κ3) is 6.28. The number of hydrazine groups is 2. The normalized spacial score (nSPS) is 12.0. The van der Waals surface area contributed by atoms with Gasteiger partial charge in [0, 0.05) is 18.6 Å². The van der Waals surface area contributed by atoms with E-state index in [1.807, 2.05) is 5.12 Å². The third-order valence-electron chi connectivity index (χ3n) is 1.14. The van der Waals surface area contributed by atoms with Gasteiger partial charge in [0.25, 0.3) is 0 Å². The quantitative estimate of drug-likeness (QED) is 0.589. The fourth-order valence-corrected chi connectivity index (χ4v) is 0.843. The predicted molar refractivity (Wildman–Crippen MR) is 48.9 cm³/mol. The van der Waals surface area contributed by atoms with Crippen LogP contribution in [0.5, 0.6) is 0 Å². The fraction of sp³-hybridized carbons (Fsp3) is 1.00. The van der Waals surface area contributed by atoms with Gasteiger partial charge in [-0.15, -0.1) is 0 Å². The van der Waals surface area contributed by atoms with Crippen LogP contribution in [0.3, 0.4) is 0 Å². The maximum atomic E-state index is 3.28. The highest BCUT2D eigenvalue weighted by Crippen LogP contribution is 1.84. The summed E-state index contributed by atoms with van der Waals surface area (Å²) in [6.45, 7) is 11.6. The molecule has 0 saturated heterocycles. The van der Waals surface area contributed by atoms with Crippen molar-refractivity contribution in [2.24, 2.45) is 0 Å². The molecule has 0 aliphatic heterocycles. The first-order valence-electron chi connectivity index (χ1n) is 4.36. The molecule has 2 N–H and O–H groups in total. The van der Waals surface area contributed by atoms with E-state index in [9.17, 15) is 0 Å². The first-order chi connectivity index (χ1) is 5.06. The second-order valence-corrected chi connectivity index (χ2v) is 3.31. The van der Waals surface area contributed by atoms with Crippen molar-refractivity contribution in [1.82, 2.24) is 16.0 Å². The van der Waals surface area contributed by atoms with Crippen LogP contribution in [0.15, 0.2) is 0 Å². The van der Waals surface area contributed by atoms with Crippen molar-refractivity contribution in [2.45, 2.75) is 46.7 Å². The van der Waals surface area contributed by atoms with Crippen molar-refractivity contribution in [1.29, 1.82) is 0 Å². The van der Waals surface area contributed by atoms with E-state index >= 15 is 0 Å². The molecule has 11 heavy (non-hydrogen) atoms. The molecule has 0 aliphatic rings. The van der Waals surface area contributed by atoms with Gasteiger partial charge in [0.15, 0.2) is 0 Å². The van der Waals surface area contributed by atoms with Gasteiger partial charge in [-0.3, -0.25) is 0 Å². The van der Waals surface area contributed by atoms with Gasteiger partial charge in [-0.1, -0.05) is 0 Å². The molecule has 0 unspecified atom stereocenters. The Bertz CT molecular complexity index is 81.3. The van der Waals surface area contributed by atoms with Crippen LogP contribution in [0.25, 0.3) is 0 Å². The maximum absolute atomic E-state index is 3.28. The van der Waals surface area contributed by atoms with Crippen molar-refractivity contribution in [2.75, 3.05) is 6.54 Å². The molecule has 3 heteroatoms. The molecule has 0 aromatic rings. The SMILES string of the molecule is CCN(NC(C)C)NC(C)C. The number of rotatable bonds is 5. The molecule has 0 radical (unpaired) electrons. The Balaban J connectivity index is 3.58. The molecule has 3 nitrogen and oxygen atoms in total. The average Bonchev–Trinajstić information content (AvgIpc) is 1.84. The Labute approximate surface area is 70.1 Å². The Hall–Kier alpha value is -0.120. The second-order valence-electron chi connectivity index (χ2n) is 3.31. The van der Waals surface area contributed by atoms with Gasteiger partial charge in [-0.25, -0.2) is 10.9 Å². The number of hydrogen-bond acceptors (Lipinski definition) is 3. The van der Waals surface area contributed by atoms with Crippen LogP contribution >= 0.6 is 0 Å². The molecule has 68 valence electrons. The molecule has 0 fully saturated rings. The van der Waals surface area contributed by atoms with Crippen LogP contribution in [0.1, 0.15) is 34.6 Å². The third-order valence-corrected chi connectivity index (χ3v) is 1.14. The van der Waals surface area contributed by atoms with E-state index in [1.54, 1.807) is 0 Å². The molecule has 0 aromatic carbocycles. The zero-order chi connectivity index (χ0) is 8.85. The lowest BCUT2D eigenvalue weighted by molar-refractivity contribution is 0.0904. The highest BCUT2D eigenvalue weighted by molar-refractivity contribution is 4.52. The van der Waals surface area contributed by atoms with Gasteiger partial charge in [-0.05, 0) is 34.6 Å². The summed E-state index contributed by atoms with van der Waals surface area (Å²) >= 11 is 0. The van der Waals surface area contributed by atoms with Crippen molar-refractivity contribution in [3.8, 4) is 0 Å². The second kappa shape index (κ2) is 5.52. The van der Waals surface area contributed by atoms with Crippen molar-refractivity contribution >= 4 is 0 Å². The predicted octanol–water partition coefficient (Wildman–Crippen LogP) is 1.13. The van der Waals surface area contributed by atoms with Crippen LogP contribution in [-0.4, -0.2) is 23.7 Å². The lowest BCUT2D eigenvalue weighted by Crippen LogP contribution is -2.52. The van der Waals surface area contributed by atoms with E-state index in [-0.39, 0.29) is 0 Å². The Morgan fingerprint density at radius 2 is 1.36 bits per heavy atom. The lowest BCUT2D eigenvalue weighted by Gasteiger charge is -2.26. The van der Waals surface area contributed by atoms with Crippen molar-refractivity contribution in [3.05, 3.63) is 0 Å². The van der Waals surface area contributed by atoms with E-state index in [0.717, 1.165) is 6.54 Å². The van der Waals surface area contributed by atoms with Gasteiger partial charge in [0.1, 0.15) is 0 Å². The van der Waals surface area contributed by atoms with Crippen LogP contribution in [0.2, 0.25) is 0 Å². The van der Waals surface area contributed by atoms with E-state index < -0.39 is 0 Å². The zero-order valence-electron chi connectivity index (χ0n) is 8.31. The monoisotopic (exact) mass is 159 g/mol. The topological polar surface area (TPSA) is 27.3 Å². The standard InChI is InChI=1S/C8H21N3/c1-6-11(9-7(2)3)10-8(4)5/h7-10H,6H2,1-5H3. The molecule has 0 bridgehead atoms. The summed E-state index contributed by atoms with van der Waals surface area (Å²) < 4.78 is 0. The van der Waals surface area contributed by atoms with Crippen LogP contribution in [0.4, 0.5) is 0 Å². The van der Waals surface area contributed by atoms with E-state index in [4.69, 9.17) is 0 Å². The Morgan fingerprint density at radius 1 is 1.00 bits per heavy atom. The van der Waals surface area contributed by atoms with Gasteiger partial charge < -0.3 is 0 Å². The molecular weight excluding hydrogens is 138 g/mol. The number of nitrogens with zero attached hydrogens (tertiary/aromatic N) is 1. The minimum atomic E-state index is 0.487. The van der Waals surface area contributed by atoms with E-state index in [1.165, 1.54) is 0 Å². The van der Waals surface area contributed by atoms with E-state index in [0.29, 0.717) is 12.1 Å².